The van der Waals surface area contributed by atoms with Crippen molar-refractivity contribution in [3.05, 3.63) is 0 Å². The van der Waals surface area contributed by atoms with Gasteiger partial charge in [0.15, 0.2) is 5.17 Å². The van der Waals surface area contributed by atoms with Crippen molar-refractivity contribution in [2.24, 2.45) is 4.99 Å². The number of halogens is 2. The summed E-state index contributed by atoms with van der Waals surface area (Å²) in [4.78, 5) is 4.34. The first kappa shape index (κ1) is 13.1. The van der Waals surface area contributed by atoms with Crippen LogP contribution in [0.25, 0.3) is 0 Å². The first-order valence-electron chi connectivity index (χ1n) is 6.02. The van der Waals surface area contributed by atoms with Crippen LogP contribution in [0.3, 0.4) is 0 Å². The fraction of sp³-hybridized carbons (Fsp3) is 0.909. The van der Waals surface area contributed by atoms with Gasteiger partial charge in [0.1, 0.15) is 6.61 Å². The Kier molecular flexibility index (Phi) is 4.62. The van der Waals surface area contributed by atoms with Gasteiger partial charge in [0.25, 0.3) is 6.43 Å². The lowest BCUT2D eigenvalue weighted by Crippen LogP contribution is -2.40. The average Bonchev–Trinajstić information content (AvgIpc) is 2.89. The number of hydrogen-bond donors (Lipinski definition) is 1. The molecule has 3 nitrogen and oxygen atoms in total. The normalized spacial score (nSPS) is 25.0. The van der Waals surface area contributed by atoms with Crippen LogP contribution in [0.2, 0.25) is 0 Å². The summed E-state index contributed by atoms with van der Waals surface area (Å²) in [7, 11) is 0. The van der Waals surface area contributed by atoms with Gasteiger partial charge in [0.2, 0.25) is 0 Å². The van der Waals surface area contributed by atoms with Crippen LogP contribution in [0.1, 0.15) is 25.7 Å². The maximum Gasteiger partial charge on any atom is 0.261 e. The van der Waals surface area contributed by atoms with Gasteiger partial charge < -0.3 is 10.1 Å². The largest absolute Gasteiger partial charge is 0.374 e. The molecule has 0 radical (unpaired) electrons. The molecule has 1 saturated carbocycles. The van der Waals surface area contributed by atoms with Crippen LogP contribution >= 0.6 is 11.8 Å². The maximum absolute atomic E-state index is 11.8. The summed E-state index contributed by atoms with van der Waals surface area (Å²) >= 11 is 1.74. The molecule has 0 aromatic rings. The molecule has 1 aliphatic carbocycles. The fourth-order valence-corrected chi connectivity index (χ4v) is 3.54. The third kappa shape index (κ3) is 3.81. The number of hydrogen-bond acceptors (Lipinski definition) is 3. The molecule has 0 bridgehead atoms. The topological polar surface area (TPSA) is 33.6 Å². The number of ether oxygens (including phenoxy) is 1. The Bertz CT molecular complexity index is 281. The lowest BCUT2D eigenvalue weighted by atomic mass is 10.0. The van der Waals surface area contributed by atoms with Crippen LogP contribution in [0, 0.1) is 0 Å². The zero-order valence-electron chi connectivity index (χ0n) is 9.75. The summed E-state index contributed by atoms with van der Waals surface area (Å²) in [6.07, 6.45) is 2.64. The van der Waals surface area contributed by atoms with Crippen LogP contribution in [0.5, 0.6) is 0 Å². The Balaban J connectivity index is 1.66. The standard InChI is InChI=1S/C11H18F2N2OS/c12-9(13)7-16-6-5-14-10-15-11(8-17-10)3-1-2-4-11/h9H,1-8H2,(H,14,15). The van der Waals surface area contributed by atoms with E-state index in [1.165, 1.54) is 25.7 Å². The van der Waals surface area contributed by atoms with Crippen molar-refractivity contribution in [2.45, 2.75) is 37.6 Å². The second-order valence-corrected chi connectivity index (χ2v) is 5.52. The van der Waals surface area contributed by atoms with E-state index >= 15 is 0 Å². The van der Waals surface area contributed by atoms with E-state index in [1.807, 2.05) is 0 Å². The van der Waals surface area contributed by atoms with Crippen LogP contribution in [0.15, 0.2) is 4.99 Å². The van der Waals surface area contributed by atoms with Gasteiger partial charge in [-0.2, -0.15) is 0 Å². The van der Waals surface area contributed by atoms with E-state index in [-0.39, 0.29) is 12.1 Å². The van der Waals surface area contributed by atoms with Crippen molar-refractivity contribution in [3.63, 3.8) is 0 Å². The first-order valence-corrected chi connectivity index (χ1v) is 7.00. The van der Waals surface area contributed by atoms with Crippen LogP contribution in [0.4, 0.5) is 8.78 Å². The third-order valence-corrected chi connectivity index (χ3v) is 4.35. The van der Waals surface area contributed by atoms with Crippen molar-refractivity contribution in [3.8, 4) is 0 Å². The smallest absolute Gasteiger partial charge is 0.261 e. The molecule has 0 amide bonds. The molecule has 2 aliphatic rings. The first-order chi connectivity index (χ1) is 8.20. The highest BCUT2D eigenvalue weighted by Crippen LogP contribution is 2.37. The van der Waals surface area contributed by atoms with Gasteiger partial charge in [-0.15, -0.1) is 0 Å². The van der Waals surface area contributed by atoms with E-state index in [0.717, 1.165) is 10.9 Å². The van der Waals surface area contributed by atoms with E-state index in [0.29, 0.717) is 6.54 Å². The highest BCUT2D eigenvalue weighted by molar-refractivity contribution is 8.14. The summed E-state index contributed by atoms with van der Waals surface area (Å²) in [6, 6.07) is 0. The highest BCUT2D eigenvalue weighted by atomic mass is 32.2. The maximum atomic E-state index is 11.8. The van der Waals surface area contributed by atoms with Crippen LogP contribution in [-0.2, 0) is 4.74 Å². The highest BCUT2D eigenvalue weighted by Gasteiger charge is 2.39. The fourth-order valence-electron chi connectivity index (χ4n) is 2.30. The summed E-state index contributed by atoms with van der Waals surface area (Å²) in [5.41, 5.74) is 0.271. The Labute approximate surface area is 104 Å². The molecule has 2 rings (SSSR count). The summed E-state index contributed by atoms with van der Waals surface area (Å²) < 4.78 is 28.3. The number of rotatable bonds is 5. The van der Waals surface area contributed by atoms with Gasteiger partial charge in [0, 0.05) is 11.3 Å². The number of thioether (sulfide) groups is 1. The van der Waals surface area contributed by atoms with Gasteiger partial charge in [-0.3, -0.25) is 4.99 Å². The minimum atomic E-state index is -2.39. The monoisotopic (exact) mass is 264 g/mol. The van der Waals surface area contributed by atoms with Crippen molar-refractivity contribution in [1.29, 1.82) is 0 Å². The Morgan fingerprint density at radius 1 is 1.41 bits per heavy atom. The molecule has 0 atom stereocenters. The summed E-state index contributed by atoms with van der Waals surface area (Å²) in [6.45, 7) is 0.233. The molecule has 0 unspecified atom stereocenters. The molecule has 98 valence electrons. The molecule has 1 N–H and O–H groups in total. The molecule has 2 fully saturated rings. The molecule has 1 saturated heterocycles. The molecule has 1 spiro atoms. The SMILES string of the molecule is FC(F)COCCN=C1NC2(CCCC2)CS1. The Morgan fingerprint density at radius 3 is 2.88 bits per heavy atom. The number of nitrogens with zero attached hydrogens (tertiary/aromatic N) is 1. The van der Waals surface area contributed by atoms with Gasteiger partial charge in [-0.1, -0.05) is 24.6 Å². The minimum Gasteiger partial charge on any atom is -0.374 e. The summed E-state index contributed by atoms with van der Waals surface area (Å²) in [5, 5.41) is 4.43. The van der Waals surface area contributed by atoms with E-state index in [1.54, 1.807) is 11.8 Å². The summed E-state index contributed by atoms with van der Waals surface area (Å²) in [5.74, 6) is 1.09. The lowest BCUT2D eigenvalue weighted by Gasteiger charge is -2.21. The number of alkyl halides is 2. The van der Waals surface area contributed by atoms with Crippen LogP contribution < -0.4 is 5.32 Å². The lowest BCUT2D eigenvalue weighted by molar-refractivity contribution is 0.0207. The van der Waals surface area contributed by atoms with Crippen molar-refractivity contribution >= 4 is 16.9 Å². The number of nitrogens with one attached hydrogen (secondary N) is 1. The molecular weight excluding hydrogens is 246 g/mol. The van der Waals surface area contributed by atoms with Crippen molar-refractivity contribution in [1.82, 2.24) is 5.32 Å². The number of amidine groups is 1. The predicted molar refractivity (Wildman–Crippen MR) is 65.9 cm³/mol. The Hall–Kier alpha value is -0.360. The van der Waals surface area contributed by atoms with E-state index < -0.39 is 13.0 Å². The number of aliphatic imine (C=N–C) groups is 1. The van der Waals surface area contributed by atoms with E-state index in [4.69, 9.17) is 4.74 Å². The zero-order chi connectivity index (χ0) is 12.1. The van der Waals surface area contributed by atoms with E-state index in [9.17, 15) is 8.78 Å². The molecule has 0 aromatic heterocycles. The quantitative estimate of drug-likeness (QED) is 0.773. The molecule has 6 heteroatoms. The van der Waals surface area contributed by atoms with Gasteiger partial charge in [-0.25, -0.2) is 8.78 Å². The second kappa shape index (κ2) is 6.00. The van der Waals surface area contributed by atoms with Crippen LogP contribution in [-0.4, -0.2) is 42.6 Å². The third-order valence-electron chi connectivity index (χ3n) is 3.15. The molecule has 1 heterocycles. The Morgan fingerprint density at radius 2 is 2.18 bits per heavy atom. The van der Waals surface area contributed by atoms with Gasteiger partial charge in [-0.05, 0) is 12.8 Å². The second-order valence-electron chi connectivity index (χ2n) is 4.55. The van der Waals surface area contributed by atoms with Gasteiger partial charge in [0.05, 0.1) is 13.2 Å². The average molecular weight is 264 g/mol. The van der Waals surface area contributed by atoms with Crippen molar-refractivity contribution in [2.75, 3.05) is 25.5 Å². The molecule has 17 heavy (non-hydrogen) atoms. The van der Waals surface area contributed by atoms with Gasteiger partial charge >= 0.3 is 0 Å². The molecule has 0 aromatic carbocycles. The molecular formula is C11H18F2N2OS. The minimum absolute atomic E-state index is 0.267. The predicted octanol–water partition coefficient (Wildman–Crippen LogP) is 2.27. The molecule has 1 aliphatic heterocycles. The zero-order valence-corrected chi connectivity index (χ0v) is 10.6. The van der Waals surface area contributed by atoms with Crippen molar-refractivity contribution < 1.29 is 13.5 Å². The van der Waals surface area contributed by atoms with E-state index in [2.05, 4.69) is 10.3 Å².